The van der Waals surface area contributed by atoms with Crippen molar-refractivity contribution in [2.45, 2.75) is 45.6 Å². The number of anilines is 1. The number of aromatic nitrogens is 2. The summed E-state index contributed by atoms with van der Waals surface area (Å²) in [4.78, 5) is 0. The van der Waals surface area contributed by atoms with E-state index in [1.165, 1.54) is 19.3 Å². The number of nitrogens with one attached hydrogen (secondary N) is 1. The third kappa shape index (κ3) is 3.43. The Hall–Kier alpha value is -1.10. The first-order valence-electron chi connectivity index (χ1n) is 6.46. The van der Waals surface area contributed by atoms with Gasteiger partial charge >= 0.3 is 6.01 Å². The van der Waals surface area contributed by atoms with E-state index in [2.05, 4.69) is 29.4 Å². The molecule has 1 fully saturated rings. The first kappa shape index (κ1) is 12.4. The van der Waals surface area contributed by atoms with Crippen LogP contribution in [0.5, 0.6) is 0 Å². The topological polar surface area (TPSA) is 77.0 Å². The number of nitrogens with two attached hydrogens (primary N) is 1. The van der Waals surface area contributed by atoms with E-state index in [1.807, 2.05) is 0 Å². The van der Waals surface area contributed by atoms with Crippen LogP contribution in [0.25, 0.3) is 0 Å². The summed E-state index contributed by atoms with van der Waals surface area (Å²) in [6.07, 6.45) is 4.32. The molecule has 5 heteroatoms. The first-order valence-corrected chi connectivity index (χ1v) is 6.46. The third-order valence-corrected chi connectivity index (χ3v) is 3.33. The maximum atomic E-state index is 5.48. The van der Waals surface area contributed by atoms with Gasteiger partial charge in [0.25, 0.3) is 0 Å². The number of hydrogen-bond donors (Lipinski definition) is 2. The highest BCUT2D eigenvalue weighted by Gasteiger charge is 2.24. The highest BCUT2D eigenvalue weighted by molar-refractivity contribution is 5.20. The molecule has 2 atom stereocenters. The monoisotopic (exact) mass is 238 g/mol. The van der Waals surface area contributed by atoms with Crippen LogP contribution >= 0.6 is 0 Å². The average molecular weight is 238 g/mol. The quantitative estimate of drug-likeness (QED) is 0.836. The van der Waals surface area contributed by atoms with Crippen molar-refractivity contribution in [2.24, 2.45) is 17.6 Å². The molecule has 1 aliphatic rings. The second kappa shape index (κ2) is 5.49. The van der Waals surface area contributed by atoms with Crippen LogP contribution in [0.1, 0.15) is 39.0 Å². The van der Waals surface area contributed by atoms with Crippen molar-refractivity contribution in [3.05, 3.63) is 5.89 Å². The van der Waals surface area contributed by atoms with E-state index in [0.717, 1.165) is 11.8 Å². The van der Waals surface area contributed by atoms with Crippen LogP contribution in [0.15, 0.2) is 4.42 Å². The van der Waals surface area contributed by atoms with Gasteiger partial charge in [-0.15, -0.1) is 5.10 Å². The Morgan fingerprint density at radius 3 is 2.59 bits per heavy atom. The largest absolute Gasteiger partial charge is 0.408 e. The van der Waals surface area contributed by atoms with Crippen molar-refractivity contribution in [1.82, 2.24) is 10.2 Å². The first-order chi connectivity index (χ1) is 8.17. The summed E-state index contributed by atoms with van der Waals surface area (Å²) in [6.45, 7) is 5.15. The van der Waals surface area contributed by atoms with Crippen molar-refractivity contribution in [2.75, 3.05) is 11.9 Å². The zero-order chi connectivity index (χ0) is 12.3. The second-order valence-electron chi connectivity index (χ2n) is 5.30. The molecule has 0 bridgehead atoms. The van der Waals surface area contributed by atoms with Gasteiger partial charge in [0.1, 0.15) is 0 Å². The van der Waals surface area contributed by atoms with Gasteiger partial charge in [-0.3, -0.25) is 0 Å². The average Bonchev–Trinajstić information content (AvgIpc) is 2.64. The van der Waals surface area contributed by atoms with Crippen molar-refractivity contribution in [3.8, 4) is 0 Å². The molecule has 1 saturated carbocycles. The fraction of sp³-hybridized carbons (Fsp3) is 0.833. The van der Waals surface area contributed by atoms with Crippen LogP contribution in [-0.4, -0.2) is 22.8 Å². The van der Waals surface area contributed by atoms with Crippen molar-refractivity contribution in [1.29, 1.82) is 0 Å². The molecule has 0 spiro atoms. The van der Waals surface area contributed by atoms with Crippen LogP contribution in [0.2, 0.25) is 0 Å². The number of nitrogens with zero attached hydrogens (tertiary/aromatic N) is 2. The zero-order valence-corrected chi connectivity index (χ0v) is 10.6. The van der Waals surface area contributed by atoms with Crippen LogP contribution in [0.4, 0.5) is 6.01 Å². The van der Waals surface area contributed by atoms with Gasteiger partial charge in [0.05, 0.1) is 0 Å². The maximum absolute atomic E-state index is 5.48. The Balaban J connectivity index is 1.90. The van der Waals surface area contributed by atoms with Crippen molar-refractivity contribution >= 4 is 6.01 Å². The molecule has 0 amide bonds. The lowest BCUT2D eigenvalue weighted by Crippen LogP contribution is -2.30. The number of rotatable bonds is 4. The number of hydrogen-bond acceptors (Lipinski definition) is 5. The minimum atomic E-state index is 0.458. The fourth-order valence-corrected chi connectivity index (χ4v) is 2.78. The molecule has 1 aromatic heterocycles. The van der Waals surface area contributed by atoms with Crippen LogP contribution < -0.4 is 11.1 Å². The zero-order valence-electron chi connectivity index (χ0n) is 10.6. The Morgan fingerprint density at radius 1 is 1.24 bits per heavy atom. The third-order valence-electron chi connectivity index (χ3n) is 3.33. The van der Waals surface area contributed by atoms with E-state index < -0.39 is 0 Å². The van der Waals surface area contributed by atoms with Gasteiger partial charge in [-0.1, -0.05) is 18.9 Å². The van der Waals surface area contributed by atoms with E-state index in [0.29, 0.717) is 30.9 Å². The highest BCUT2D eigenvalue weighted by atomic mass is 16.4. The molecular formula is C12H22N4O. The van der Waals surface area contributed by atoms with Gasteiger partial charge in [-0.05, 0) is 31.1 Å². The predicted molar refractivity (Wildman–Crippen MR) is 66.6 cm³/mol. The summed E-state index contributed by atoms with van der Waals surface area (Å²) in [5.41, 5.74) is 5.44. The minimum absolute atomic E-state index is 0.458. The molecule has 0 aromatic carbocycles. The molecule has 2 rings (SSSR count). The Morgan fingerprint density at radius 2 is 1.94 bits per heavy atom. The van der Waals surface area contributed by atoms with Crippen LogP contribution in [-0.2, 0) is 6.42 Å². The van der Waals surface area contributed by atoms with E-state index >= 15 is 0 Å². The normalized spacial score (nSPS) is 29.2. The lowest BCUT2D eigenvalue weighted by atomic mass is 9.80. The summed E-state index contributed by atoms with van der Waals surface area (Å²) in [5.74, 6) is 2.15. The molecule has 3 N–H and O–H groups in total. The van der Waals surface area contributed by atoms with Gasteiger partial charge in [-0.2, -0.15) is 0 Å². The lowest BCUT2D eigenvalue weighted by molar-refractivity contribution is 0.277. The molecule has 1 heterocycles. The molecule has 1 aliphatic carbocycles. The summed E-state index contributed by atoms with van der Waals surface area (Å²) >= 11 is 0. The van der Waals surface area contributed by atoms with Gasteiger partial charge in [0, 0.05) is 19.0 Å². The van der Waals surface area contributed by atoms with E-state index in [-0.39, 0.29) is 0 Å². The van der Waals surface area contributed by atoms with Crippen molar-refractivity contribution < 1.29 is 4.42 Å². The van der Waals surface area contributed by atoms with E-state index in [9.17, 15) is 0 Å². The smallest absolute Gasteiger partial charge is 0.315 e. The summed E-state index contributed by atoms with van der Waals surface area (Å²) in [5, 5.41) is 11.3. The van der Waals surface area contributed by atoms with Gasteiger partial charge in [0.2, 0.25) is 5.89 Å². The van der Waals surface area contributed by atoms with Gasteiger partial charge in [0.15, 0.2) is 0 Å². The van der Waals surface area contributed by atoms with Crippen LogP contribution in [0.3, 0.4) is 0 Å². The lowest BCUT2D eigenvalue weighted by Gasteiger charge is -2.31. The summed E-state index contributed by atoms with van der Waals surface area (Å²) in [6, 6.07) is 1.000. The van der Waals surface area contributed by atoms with E-state index in [1.54, 1.807) is 0 Å². The predicted octanol–water partition coefficient (Wildman–Crippen LogP) is 1.81. The maximum Gasteiger partial charge on any atom is 0.315 e. The summed E-state index contributed by atoms with van der Waals surface area (Å²) < 4.78 is 5.48. The standard InChI is InChI=1S/C12H22N4O/c1-8-5-9(2)7-10(6-8)14-12-16-15-11(17-12)3-4-13/h8-10H,3-7,13H2,1-2H3,(H,14,16). The Bertz CT molecular complexity index is 342. The van der Waals surface area contributed by atoms with Gasteiger partial charge in [-0.25, -0.2) is 0 Å². The molecular weight excluding hydrogens is 216 g/mol. The Labute approximate surface area is 102 Å². The molecule has 0 aliphatic heterocycles. The second-order valence-corrected chi connectivity index (χ2v) is 5.30. The van der Waals surface area contributed by atoms with Crippen molar-refractivity contribution in [3.63, 3.8) is 0 Å². The molecule has 0 radical (unpaired) electrons. The minimum Gasteiger partial charge on any atom is -0.408 e. The fourth-order valence-electron chi connectivity index (χ4n) is 2.78. The SMILES string of the molecule is CC1CC(C)CC(Nc2nnc(CCN)o2)C1. The highest BCUT2D eigenvalue weighted by Crippen LogP contribution is 2.30. The molecule has 17 heavy (non-hydrogen) atoms. The molecule has 0 saturated heterocycles. The van der Waals surface area contributed by atoms with Crippen LogP contribution in [0, 0.1) is 11.8 Å². The summed E-state index contributed by atoms with van der Waals surface area (Å²) in [7, 11) is 0. The molecule has 5 nitrogen and oxygen atoms in total. The van der Waals surface area contributed by atoms with E-state index in [4.69, 9.17) is 10.2 Å². The molecule has 96 valence electrons. The Kier molecular flexibility index (Phi) is 3.99. The molecule has 2 unspecified atom stereocenters. The van der Waals surface area contributed by atoms with Gasteiger partial charge < -0.3 is 15.5 Å². The molecule has 1 aromatic rings.